The van der Waals surface area contributed by atoms with Crippen LogP contribution >= 0.6 is 15.9 Å². The second kappa shape index (κ2) is 9.82. The van der Waals surface area contributed by atoms with E-state index in [9.17, 15) is 0 Å². The minimum absolute atomic E-state index is 0.819. The zero-order valence-electron chi connectivity index (χ0n) is 15.1. The third-order valence-electron chi connectivity index (χ3n) is 3.69. The summed E-state index contributed by atoms with van der Waals surface area (Å²) in [5, 5.41) is 18.3. The first-order valence-electron chi connectivity index (χ1n) is 7.76. The van der Waals surface area contributed by atoms with Crippen molar-refractivity contribution < 1.29 is 24.5 Å². The summed E-state index contributed by atoms with van der Waals surface area (Å²) in [6, 6.07) is 10.6. The van der Waals surface area contributed by atoms with Crippen LogP contribution in [0.25, 0.3) is 0 Å². The Kier molecular flexibility index (Phi) is 8.12. The van der Waals surface area contributed by atoms with Crippen molar-refractivity contribution in [1.29, 1.82) is 0 Å². The van der Waals surface area contributed by atoms with Crippen molar-refractivity contribution in [1.82, 2.24) is 0 Å². The number of benzene rings is 2. The van der Waals surface area contributed by atoms with Gasteiger partial charge in [0.2, 0.25) is 0 Å². The Morgan fingerprint density at radius 3 is 2.12 bits per heavy atom. The van der Waals surface area contributed by atoms with Crippen LogP contribution in [0, 0.1) is 20.8 Å². The van der Waals surface area contributed by atoms with Crippen molar-refractivity contribution in [2.75, 3.05) is 12.4 Å². The molecule has 0 bridgehead atoms. The normalized spacial score (nSPS) is 9.73. The third kappa shape index (κ3) is 6.40. The largest absolute Gasteiger partial charge is 0.496 e. The number of carboxylic acids is 2. The van der Waals surface area contributed by atoms with E-state index < -0.39 is 11.9 Å². The quantitative estimate of drug-likeness (QED) is 0.639. The van der Waals surface area contributed by atoms with E-state index in [-0.39, 0.29) is 0 Å². The van der Waals surface area contributed by atoms with Crippen LogP contribution in [0.2, 0.25) is 0 Å². The summed E-state index contributed by atoms with van der Waals surface area (Å²) in [4.78, 5) is 18.2. The average Bonchev–Trinajstić information content (AvgIpc) is 2.57. The minimum Gasteiger partial charge on any atom is -0.496 e. The van der Waals surface area contributed by atoms with Gasteiger partial charge < -0.3 is 20.3 Å². The van der Waals surface area contributed by atoms with Crippen molar-refractivity contribution in [2.45, 2.75) is 27.3 Å². The fourth-order valence-electron chi connectivity index (χ4n) is 2.28. The Morgan fingerprint density at radius 2 is 1.62 bits per heavy atom. The molecule has 0 heterocycles. The lowest BCUT2D eigenvalue weighted by Crippen LogP contribution is -2.09. The number of rotatable bonds is 4. The van der Waals surface area contributed by atoms with Crippen LogP contribution in [0.4, 0.5) is 5.69 Å². The van der Waals surface area contributed by atoms with Gasteiger partial charge in [-0.05, 0) is 67.3 Å². The fraction of sp³-hybridized carbons (Fsp3) is 0.263. The number of carboxylic acid groups (broad SMARTS) is 2. The van der Waals surface area contributed by atoms with Gasteiger partial charge in [0.05, 0.1) is 7.11 Å². The highest BCUT2D eigenvalue weighted by Gasteiger charge is 2.06. The molecule has 26 heavy (non-hydrogen) atoms. The Balaban J connectivity index is 0.000000487. The topological polar surface area (TPSA) is 95.9 Å². The van der Waals surface area contributed by atoms with Gasteiger partial charge in [0.1, 0.15) is 5.75 Å². The molecule has 2 rings (SSSR count). The lowest BCUT2D eigenvalue weighted by Gasteiger charge is -2.14. The number of anilines is 1. The van der Waals surface area contributed by atoms with E-state index in [0.717, 1.165) is 16.8 Å². The molecule has 0 fully saturated rings. The minimum atomic E-state index is -1.82. The zero-order valence-corrected chi connectivity index (χ0v) is 16.7. The summed E-state index contributed by atoms with van der Waals surface area (Å²) in [7, 11) is 1.71. The maximum Gasteiger partial charge on any atom is 0.414 e. The summed E-state index contributed by atoms with van der Waals surface area (Å²) >= 11 is 3.49. The number of hydrogen-bond acceptors (Lipinski definition) is 4. The van der Waals surface area contributed by atoms with Crippen LogP contribution in [0.5, 0.6) is 5.75 Å². The number of hydrogen-bond donors (Lipinski definition) is 3. The lowest BCUT2D eigenvalue weighted by molar-refractivity contribution is -0.159. The van der Waals surface area contributed by atoms with Gasteiger partial charge in [-0.2, -0.15) is 0 Å². The Labute approximate surface area is 160 Å². The van der Waals surface area contributed by atoms with Crippen LogP contribution in [0.15, 0.2) is 34.8 Å². The highest BCUT2D eigenvalue weighted by Crippen LogP contribution is 2.24. The van der Waals surface area contributed by atoms with E-state index >= 15 is 0 Å². The van der Waals surface area contributed by atoms with Crippen LogP contribution in [-0.4, -0.2) is 29.3 Å². The van der Waals surface area contributed by atoms with Gasteiger partial charge >= 0.3 is 11.9 Å². The molecule has 0 radical (unpaired) electrons. The Bertz CT molecular complexity index is 793. The van der Waals surface area contributed by atoms with Crippen LogP contribution in [0.3, 0.4) is 0 Å². The van der Waals surface area contributed by atoms with Gasteiger partial charge in [0.15, 0.2) is 0 Å². The average molecular weight is 424 g/mol. The molecule has 0 atom stereocenters. The van der Waals surface area contributed by atoms with Crippen LogP contribution < -0.4 is 10.1 Å². The molecule has 0 saturated carbocycles. The molecule has 0 amide bonds. The maximum atomic E-state index is 9.10. The molecular formula is C19H22BrNO5. The highest BCUT2D eigenvalue weighted by atomic mass is 79.9. The van der Waals surface area contributed by atoms with Gasteiger partial charge in [0, 0.05) is 16.7 Å². The summed E-state index contributed by atoms with van der Waals surface area (Å²) in [5.74, 6) is -2.70. The first-order valence-corrected chi connectivity index (χ1v) is 8.55. The third-order valence-corrected chi connectivity index (χ3v) is 4.19. The molecule has 7 heteroatoms. The molecule has 6 nitrogen and oxygen atoms in total. The number of carbonyl (C=O) groups is 2. The summed E-state index contributed by atoms with van der Waals surface area (Å²) in [6.45, 7) is 7.12. The number of aryl methyl sites for hydroxylation is 3. The Morgan fingerprint density at radius 1 is 1.00 bits per heavy atom. The molecule has 140 valence electrons. The van der Waals surface area contributed by atoms with Gasteiger partial charge in [-0.1, -0.05) is 22.0 Å². The number of nitrogens with one attached hydrogen (secondary N) is 1. The number of methoxy groups -OCH3 is 1. The molecule has 0 saturated heterocycles. The maximum absolute atomic E-state index is 9.10. The van der Waals surface area contributed by atoms with E-state index in [2.05, 4.69) is 72.3 Å². The molecule has 2 aromatic carbocycles. The van der Waals surface area contributed by atoms with Crippen LogP contribution in [-0.2, 0) is 16.1 Å². The van der Waals surface area contributed by atoms with Gasteiger partial charge in [-0.15, -0.1) is 0 Å². The number of halogens is 1. The van der Waals surface area contributed by atoms with Gasteiger partial charge in [0.25, 0.3) is 0 Å². The molecule has 0 aliphatic heterocycles. The number of ether oxygens (including phenoxy) is 1. The fourth-order valence-corrected chi connectivity index (χ4v) is 2.75. The predicted molar refractivity (Wildman–Crippen MR) is 104 cm³/mol. The molecule has 0 aromatic heterocycles. The van der Waals surface area contributed by atoms with Crippen molar-refractivity contribution in [3.63, 3.8) is 0 Å². The Hall–Kier alpha value is -2.54. The lowest BCUT2D eigenvalue weighted by atomic mass is 10.0. The molecule has 2 aromatic rings. The molecule has 0 aliphatic carbocycles. The van der Waals surface area contributed by atoms with Crippen molar-refractivity contribution in [3.05, 3.63) is 57.1 Å². The second-order valence-corrected chi connectivity index (χ2v) is 6.59. The standard InChI is InChI=1S/C17H20BrNO.C2H2O4/c1-11-9-17(20-4)13(3)7-14(11)10-19-16-6-5-15(18)8-12(16)2;3-1(4)2(5)6/h5-9,19H,10H2,1-4H3;(H,3,4)(H,5,6). The molecule has 0 spiro atoms. The van der Waals surface area contributed by atoms with E-state index in [4.69, 9.17) is 24.5 Å². The number of aliphatic carboxylic acids is 2. The van der Waals surface area contributed by atoms with Crippen LogP contribution in [0.1, 0.15) is 22.3 Å². The monoisotopic (exact) mass is 423 g/mol. The van der Waals surface area contributed by atoms with Crippen molar-refractivity contribution in [3.8, 4) is 5.75 Å². The van der Waals surface area contributed by atoms with E-state index in [1.807, 2.05) is 0 Å². The summed E-state index contributed by atoms with van der Waals surface area (Å²) in [5.41, 5.74) is 6.12. The molecule has 0 unspecified atom stereocenters. The summed E-state index contributed by atoms with van der Waals surface area (Å²) < 4.78 is 6.46. The highest BCUT2D eigenvalue weighted by molar-refractivity contribution is 9.10. The predicted octanol–water partition coefficient (Wildman–Crippen LogP) is 4.15. The van der Waals surface area contributed by atoms with Gasteiger partial charge in [-0.25, -0.2) is 9.59 Å². The van der Waals surface area contributed by atoms with E-state index in [0.29, 0.717) is 0 Å². The van der Waals surface area contributed by atoms with Crippen molar-refractivity contribution in [2.24, 2.45) is 0 Å². The molecule has 0 aliphatic rings. The van der Waals surface area contributed by atoms with Crippen molar-refractivity contribution >= 4 is 33.6 Å². The second-order valence-electron chi connectivity index (χ2n) is 5.67. The van der Waals surface area contributed by atoms with E-state index in [1.165, 1.54) is 27.9 Å². The van der Waals surface area contributed by atoms with E-state index in [1.54, 1.807) is 7.11 Å². The smallest absolute Gasteiger partial charge is 0.414 e. The first-order chi connectivity index (χ1) is 12.1. The first kappa shape index (κ1) is 21.5. The molecule has 3 N–H and O–H groups in total. The van der Waals surface area contributed by atoms with Gasteiger partial charge in [-0.3, -0.25) is 0 Å². The SMILES string of the molecule is COc1cc(C)c(CNc2ccc(Br)cc2C)cc1C.O=C(O)C(=O)O. The zero-order chi connectivity index (χ0) is 19.9. The summed E-state index contributed by atoms with van der Waals surface area (Å²) in [6.07, 6.45) is 0. The molecular weight excluding hydrogens is 402 g/mol.